The maximum atomic E-state index is 4.75. The van der Waals surface area contributed by atoms with Crippen LogP contribution in [0.3, 0.4) is 0 Å². The van der Waals surface area contributed by atoms with Crippen molar-refractivity contribution in [2.45, 2.75) is 41.2 Å². The first-order chi connectivity index (χ1) is 13.0. The first kappa shape index (κ1) is 20.8. The van der Waals surface area contributed by atoms with Gasteiger partial charge < -0.3 is 15.5 Å². The fourth-order valence-electron chi connectivity index (χ4n) is 3.15. The van der Waals surface area contributed by atoms with Crippen LogP contribution < -0.4 is 15.5 Å². The Kier molecular flexibility index (Phi) is 7.70. The van der Waals surface area contributed by atoms with Crippen molar-refractivity contribution >= 4 is 11.6 Å². The predicted octanol–water partition coefficient (Wildman–Crippen LogP) is 2.93. The summed E-state index contributed by atoms with van der Waals surface area (Å²) in [4.78, 5) is 7.12. The molecule has 0 saturated carbocycles. The van der Waals surface area contributed by atoms with E-state index in [0.29, 0.717) is 6.54 Å². The highest BCUT2D eigenvalue weighted by atomic mass is 15.3. The average molecular weight is 371 g/mol. The van der Waals surface area contributed by atoms with E-state index in [2.05, 4.69) is 72.6 Å². The molecule has 0 aliphatic heterocycles. The number of hydrogen-bond acceptors (Lipinski definition) is 3. The molecule has 0 bridgehead atoms. The summed E-state index contributed by atoms with van der Waals surface area (Å²) in [6, 6.07) is 8.65. The van der Waals surface area contributed by atoms with E-state index in [1.165, 1.54) is 22.5 Å². The lowest BCUT2D eigenvalue weighted by Crippen LogP contribution is -2.41. The van der Waals surface area contributed by atoms with Gasteiger partial charge in [0.2, 0.25) is 0 Å². The lowest BCUT2D eigenvalue weighted by Gasteiger charge is -2.24. The molecule has 0 aliphatic rings. The van der Waals surface area contributed by atoms with E-state index in [0.717, 1.165) is 37.8 Å². The Morgan fingerprint density at radius 3 is 2.56 bits per heavy atom. The summed E-state index contributed by atoms with van der Waals surface area (Å²) in [6.07, 6.45) is 0. The van der Waals surface area contributed by atoms with Crippen LogP contribution in [0.4, 0.5) is 5.69 Å². The van der Waals surface area contributed by atoms with Crippen LogP contribution in [0.1, 0.15) is 36.4 Å². The SMILES string of the molecule is CCNC(=NCc1c(C)nn(C)c1C)NCCN(CC)c1cccc(C)c1. The highest BCUT2D eigenvalue weighted by molar-refractivity contribution is 5.79. The molecule has 2 aromatic rings. The van der Waals surface area contributed by atoms with Crippen molar-refractivity contribution in [3.63, 3.8) is 0 Å². The Morgan fingerprint density at radius 1 is 1.19 bits per heavy atom. The van der Waals surface area contributed by atoms with Crippen molar-refractivity contribution in [2.75, 3.05) is 31.1 Å². The van der Waals surface area contributed by atoms with Crippen LogP contribution in [-0.4, -0.2) is 41.9 Å². The number of benzene rings is 1. The van der Waals surface area contributed by atoms with Gasteiger partial charge in [0.25, 0.3) is 0 Å². The Hall–Kier alpha value is -2.50. The number of nitrogens with zero attached hydrogens (tertiary/aromatic N) is 4. The summed E-state index contributed by atoms with van der Waals surface area (Å²) < 4.78 is 1.92. The number of anilines is 1. The van der Waals surface area contributed by atoms with Gasteiger partial charge in [-0.3, -0.25) is 4.68 Å². The van der Waals surface area contributed by atoms with Gasteiger partial charge in [-0.1, -0.05) is 12.1 Å². The van der Waals surface area contributed by atoms with E-state index in [-0.39, 0.29) is 0 Å². The molecule has 27 heavy (non-hydrogen) atoms. The minimum atomic E-state index is 0.635. The number of hydrogen-bond donors (Lipinski definition) is 2. The Balaban J connectivity index is 1.97. The van der Waals surface area contributed by atoms with E-state index >= 15 is 0 Å². The van der Waals surface area contributed by atoms with Crippen LogP contribution in [0.5, 0.6) is 0 Å². The first-order valence-electron chi connectivity index (χ1n) is 9.79. The fraction of sp³-hybridized carbons (Fsp3) is 0.524. The quantitative estimate of drug-likeness (QED) is 0.554. The van der Waals surface area contributed by atoms with Crippen molar-refractivity contribution in [1.82, 2.24) is 20.4 Å². The van der Waals surface area contributed by atoms with Crippen LogP contribution in [0.2, 0.25) is 0 Å². The van der Waals surface area contributed by atoms with Crippen LogP contribution in [0.15, 0.2) is 29.3 Å². The second-order valence-corrected chi connectivity index (χ2v) is 6.81. The lowest BCUT2D eigenvalue weighted by atomic mass is 10.2. The van der Waals surface area contributed by atoms with Gasteiger partial charge in [0.1, 0.15) is 0 Å². The molecule has 0 spiro atoms. The maximum absolute atomic E-state index is 4.75. The Morgan fingerprint density at radius 2 is 1.96 bits per heavy atom. The molecular weight excluding hydrogens is 336 g/mol. The zero-order chi connectivity index (χ0) is 19.8. The topological polar surface area (TPSA) is 57.5 Å². The molecule has 1 aromatic carbocycles. The normalized spacial score (nSPS) is 11.6. The zero-order valence-electron chi connectivity index (χ0n) is 17.6. The molecule has 0 radical (unpaired) electrons. The fourth-order valence-corrected chi connectivity index (χ4v) is 3.15. The molecule has 0 aliphatic carbocycles. The van der Waals surface area contributed by atoms with Gasteiger partial charge in [-0.2, -0.15) is 5.10 Å². The number of nitrogens with one attached hydrogen (secondary N) is 2. The van der Waals surface area contributed by atoms with E-state index < -0.39 is 0 Å². The van der Waals surface area contributed by atoms with Gasteiger partial charge >= 0.3 is 0 Å². The van der Waals surface area contributed by atoms with Gasteiger partial charge in [0, 0.05) is 50.2 Å². The molecule has 0 fully saturated rings. The molecule has 1 aromatic heterocycles. The summed E-state index contributed by atoms with van der Waals surface area (Å²) in [5, 5.41) is 11.3. The third kappa shape index (κ3) is 5.74. The number of rotatable bonds is 8. The van der Waals surface area contributed by atoms with Gasteiger partial charge in [0.15, 0.2) is 5.96 Å². The van der Waals surface area contributed by atoms with Crippen LogP contribution >= 0.6 is 0 Å². The molecule has 6 heteroatoms. The van der Waals surface area contributed by atoms with E-state index in [4.69, 9.17) is 4.99 Å². The van der Waals surface area contributed by atoms with E-state index in [1.807, 2.05) is 18.7 Å². The molecule has 0 saturated heterocycles. The zero-order valence-corrected chi connectivity index (χ0v) is 17.6. The van der Waals surface area contributed by atoms with Crippen LogP contribution in [0.25, 0.3) is 0 Å². The van der Waals surface area contributed by atoms with Crippen molar-refractivity contribution in [3.8, 4) is 0 Å². The number of aliphatic imine (C=N–C) groups is 1. The van der Waals surface area contributed by atoms with Crippen molar-refractivity contribution in [2.24, 2.45) is 12.0 Å². The van der Waals surface area contributed by atoms with Crippen molar-refractivity contribution < 1.29 is 0 Å². The van der Waals surface area contributed by atoms with E-state index in [1.54, 1.807) is 0 Å². The summed E-state index contributed by atoms with van der Waals surface area (Å²) in [7, 11) is 1.98. The molecule has 6 nitrogen and oxygen atoms in total. The highest BCUT2D eigenvalue weighted by Crippen LogP contribution is 2.15. The third-order valence-corrected chi connectivity index (χ3v) is 4.82. The second kappa shape index (κ2) is 10.00. The van der Waals surface area contributed by atoms with E-state index in [9.17, 15) is 0 Å². The van der Waals surface area contributed by atoms with Crippen molar-refractivity contribution in [1.29, 1.82) is 0 Å². The molecule has 0 unspecified atom stereocenters. The number of aryl methyl sites for hydroxylation is 3. The maximum Gasteiger partial charge on any atom is 0.191 e. The van der Waals surface area contributed by atoms with Crippen LogP contribution in [-0.2, 0) is 13.6 Å². The highest BCUT2D eigenvalue weighted by Gasteiger charge is 2.09. The van der Waals surface area contributed by atoms with Gasteiger partial charge in [-0.05, 0) is 52.3 Å². The Bertz CT molecular complexity index is 762. The second-order valence-electron chi connectivity index (χ2n) is 6.81. The summed E-state index contributed by atoms with van der Waals surface area (Å²) >= 11 is 0. The van der Waals surface area contributed by atoms with Gasteiger partial charge in [-0.25, -0.2) is 4.99 Å². The molecule has 1 heterocycles. The average Bonchev–Trinajstić information content (AvgIpc) is 2.88. The van der Waals surface area contributed by atoms with Crippen molar-refractivity contribution in [3.05, 3.63) is 46.8 Å². The molecule has 2 N–H and O–H groups in total. The molecule has 0 atom stereocenters. The summed E-state index contributed by atoms with van der Waals surface area (Å²) in [5.41, 5.74) is 5.97. The molecule has 2 rings (SSSR count). The Labute approximate surface area is 163 Å². The monoisotopic (exact) mass is 370 g/mol. The summed E-state index contributed by atoms with van der Waals surface area (Å²) in [5.74, 6) is 0.848. The molecule has 0 amide bonds. The van der Waals surface area contributed by atoms with Gasteiger partial charge in [0.05, 0.1) is 12.2 Å². The smallest absolute Gasteiger partial charge is 0.191 e. The summed E-state index contributed by atoms with van der Waals surface area (Å²) in [6.45, 7) is 14.8. The number of likely N-dealkylation sites (N-methyl/N-ethyl adjacent to an activating group) is 1. The lowest BCUT2D eigenvalue weighted by molar-refractivity contribution is 0.729. The molecular formula is C21H34N6. The minimum absolute atomic E-state index is 0.635. The number of aromatic nitrogens is 2. The minimum Gasteiger partial charge on any atom is -0.370 e. The van der Waals surface area contributed by atoms with Crippen LogP contribution in [0, 0.1) is 20.8 Å². The largest absolute Gasteiger partial charge is 0.370 e. The standard InChI is InChI=1S/C21H34N6/c1-7-22-21(24-15-20-17(4)25-26(6)18(20)5)23-12-13-27(8-2)19-11-9-10-16(3)14-19/h9-11,14H,7-8,12-13,15H2,1-6H3,(H2,22,23,24). The molecule has 148 valence electrons. The third-order valence-electron chi connectivity index (χ3n) is 4.82. The van der Waals surface area contributed by atoms with Gasteiger partial charge in [-0.15, -0.1) is 0 Å². The predicted molar refractivity (Wildman–Crippen MR) is 115 cm³/mol. The number of guanidine groups is 1. The first-order valence-corrected chi connectivity index (χ1v) is 9.79.